The number of ether oxygens (including phenoxy) is 6. The Bertz CT molecular complexity index is 2340. The van der Waals surface area contributed by atoms with E-state index in [1.165, 1.54) is 5.56 Å². The topological polar surface area (TPSA) is 311 Å². The lowest BCUT2D eigenvalue weighted by atomic mass is 10.2. The Hall–Kier alpha value is -7.16. The number of anilines is 4. The molecule has 86 heavy (non-hydrogen) atoms. The zero-order valence-corrected chi connectivity index (χ0v) is 50.2. The second kappa shape index (κ2) is 52.2. The highest BCUT2D eigenvalue weighted by molar-refractivity contribution is 5.56. The van der Waals surface area contributed by atoms with Crippen molar-refractivity contribution in [3.63, 3.8) is 0 Å². The predicted molar refractivity (Wildman–Crippen MR) is 337 cm³/mol. The number of nitrogens with zero attached hydrogens (tertiary/aromatic N) is 4. The zero-order valence-electron chi connectivity index (χ0n) is 50.2. The molecule has 6 aromatic rings. The molecule has 0 aliphatic carbocycles. The van der Waals surface area contributed by atoms with Crippen molar-refractivity contribution in [2.24, 2.45) is 0 Å². The fourth-order valence-corrected chi connectivity index (χ4v) is 7.25. The lowest BCUT2D eigenvalue weighted by molar-refractivity contribution is 0.198. The van der Waals surface area contributed by atoms with Crippen LogP contribution in [0.1, 0.15) is 12.5 Å². The summed E-state index contributed by atoms with van der Waals surface area (Å²) in [7, 11) is 3.98. The molecule has 22 heteroatoms. The van der Waals surface area contributed by atoms with Crippen molar-refractivity contribution in [1.82, 2.24) is 0 Å². The lowest BCUT2D eigenvalue weighted by Gasteiger charge is -2.26. The van der Waals surface area contributed by atoms with Gasteiger partial charge in [-0.05, 0) is 133 Å². The summed E-state index contributed by atoms with van der Waals surface area (Å²) in [5.74, 6) is 4.49. The number of para-hydroxylation sites is 1. The molecule has 0 radical (unpaired) electrons. The molecule has 480 valence electrons. The van der Waals surface area contributed by atoms with Crippen LogP contribution in [0.2, 0.25) is 0 Å². The highest BCUT2D eigenvalue weighted by Gasteiger charge is 2.09. The normalized spacial score (nSPS) is 10.0. The average molecular weight is 1210 g/mol. The molecule has 22 nitrogen and oxygen atoms in total. The van der Waals surface area contributed by atoms with Gasteiger partial charge in [-0.2, -0.15) is 0 Å². The van der Waals surface area contributed by atoms with Crippen molar-refractivity contribution in [2.45, 2.75) is 13.3 Å². The fourth-order valence-electron chi connectivity index (χ4n) is 7.25. The number of benzene rings is 6. The largest absolute Gasteiger partial charge is 0.491 e. The van der Waals surface area contributed by atoms with Crippen LogP contribution in [0.15, 0.2) is 152 Å². The SMILES string of the molecule is CCc1ccc(OCCO)cc1.CN(C)c1ccc(OCCO)cc1.OCCN(CCO)c1ccc(N(CCO)CCO)cc1.OCCOc1ccc(N(CCO)CCO)cc1.OCCOc1ccc(OCCO)cc1.OCCOc1ccccc1. The van der Waals surface area contributed by atoms with Crippen molar-refractivity contribution in [3.05, 3.63) is 157 Å². The van der Waals surface area contributed by atoms with E-state index in [2.05, 4.69) is 6.92 Å². The van der Waals surface area contributed by atoms with E-state index in [0.717, 1.165) is 46.4 Å². The summed E-state index contributed by atoms with van der Waals surface area (Å²) in [6, 6.07) is 47.0. The molecule has 12 N–H and O–H groups in total. The molecule has 0 unspecified atom stereocenters. The average Bonchev–Trinajstić information content (AvgIpc) is 3.73. The molecule has 0 aromatic heterocycles. The van der Waals surface area contributed by atoms with Gasteiger partial charge < -0.3 is 109 Å². The van der Waals surface area contributed by atoms with Crippen LogP contribution in [-0.2, 0) is 6.42 Å². The molecule has 0 atom stereocenters. The predicted octanol–water partition coefficient (Wildman–Crippen LogP) is 3.35. The van der Waals surface area contributed by atoms with Crippen LogP contribution < -0.4 is 48.0 Å². The summed E-state index contributed by atoms with van der Waals surface area (Å²) in [4.78, 5) is 7.70. The fraction of sp³-hybridized carbons (Fsp3) is 0.438. The van der Waals surface area contributed by atoms with Gasteiger partial charge >= 0.3 is 0 Å². The maximum absolute atomic E-state index is 9.02. The van der Waals surface area contributed by atoms with Gasteiger partial charge in [0.15, 0.2) is 0 Å². The molecule has 6 rings (SSSR count). The summed E-state index contributed by atoms with van der Waals surface area (Å²) >= 11 is 0. The van der Waals surface area contributed by atoms with E-state index in [4.69, 9.17) is 89.7 Å². The van der Waals surface area contributed by atoms with Gasteiger partial charge in [-0.1, -0.05) is 37.3 Å². The first-order valence-corrected chi connectivity index (χ1v) is 28.5. The molecule has 0 aliphatic rings. The standard InChI is InChI=1S/C14H24N2O4.C12H19NO4.C10H15NO2.C10H14O4.C10H14O2.C8H10O2/c17-9-5-15(6-10-18)13-1-2-14(4-3-13)16(7-11-19)8-12-20;14-7-5-13(6-8-15)11-1-3-12(4-2-11)17-10-9-16;1-11(2)9-3-5-10(6-4-9)13-8-7-12;11-5-7-13-9-1-2-10(4-3-9)14-8-6-12;1-2-9-3-5-10(6-4-9)12-8-7-11;9-6-7-10-8-4-2-1-3-5-8/h1-4,17-20H,5-12H2;1-4,14-16H,5-10H2;3-6,12H,7-8H2,1-2H3;1-4,11-12H,5-8H2;3-6,11H,2,7-8H2,1H3;1-5,9H,6-7H2. The van der Waals surface area contributed by atoms with Crippen molar-refractivity contribution < 1.29 is 89.7 Å². The number of hydrogen-bond acceptors (Lipinski definition) is 22. The highest BCUT2D eigenvalue weighted by atomic mass is 16.5. The van der Waals surface area contributed by atoms with Gasteiger partial charge in [0.25, 0.3) is 0 Å². The first kappa shape index (κ1) is 76.9. The van der Waals surface area contributed by atoms with E-state index < -0.39 is 0 Å². The summed E-state index contributed by atoms with van der Waals surface area (Å²) in [6.07, 6.45) is 1.04. The molecule has 6 aromatic carbocycles. The van der Waals surface area contributed by atoms with Gasteiger partial charge in [-0.3, -0.25) is 0 Å². The molecule has 0 saturated carbocycles. The second-order valence-electron chi connectivity index (χ2n) is 17.9. The Balaban J connectivity index is 0.000000523. The van der Waals surface area contributed by atoms with Crippen LogP contribution in [0.25, 0.3) is 0 Å². The molecule has 0 fully saturated rings. The maximum atomic E-state index is 9.02. The van der Waals surface area contributed by atoms with Crippen LogP contribution in [0.3, 0.4) is 0 Å². The van der Waals surface area contributed by atoms with E-state index in [1.54, 1.807) is 36.4 Å². The molecule has 0 heterocycles. The first-order valence-electron chi connectivity index (χ1n) is 28.5. The van der Waals surface area contributed by atoms with Crippen LogP contribution in [-0.4, -0.2) is 234 Å². The Morgan fingerprint density at radius 2 is 0.465 bits per heavy atom. The van der Waals surface area contributed by atoms with Crippen molar-refractivity contribution in [3.8, 4) is 34.5 Å². The summed E-state index contributed by atoms with van der Waals surface area (Å²) < 4.78 is 31.1. The first-order chi connectivity index (χ1) is 42.0. The smallest absolute Gasteiger partial charge is 0.119 e. The van der Waals surface area contributed by atoms with E-state index in [-0.39, 0.29) is 99.1 Å². The van der Waals surface area contributed by atoms with Gasteiger partial charge in [0.2, 0.25) is 0 Å². The van der Waals surface area contributed by atoms with Crippen molar-refractivity contribution >= 4 is 22.7 Å². The Morgan fingerprint density at radius 1 is 0.256 bits per heavy atom. The Labute approximate surface area is 507 Å². The second-order valence-corrected chi connectivity index (χ2v) is 17.9. The third-order valence-corrected chi connectivity index (χ3v) is 11.4. The minimum absolute atomic E-state index is 0.00274. The molecule has 0 amide bonds. The van der Waals surface area contributed by atoms with Gasteiger partial charge in [0.1, 0.15) is 74.1 Å². The van der Waals surface area contributed by atoms with E-state index in [1.807, 2.05) is 149 Å². The summed E-state index contributed by atoms with van der Waals surface area (Å²) in [6.45, 7) is 7.28. The maximum Gasteiger partial charge on any atom is 0.119 e. The third-order valence-electron chi connectivity index (χ3n) is 11.4. The van der Waals surface area contributed by atoms with Crippen molar-refractivity contribution in [1.29, 1.82) is 0 Å². The minimum Gasteiger partial charge on any atom is -0.491 e. The van der Waals surface area contributed by atoms with Gasteiger partial charge in [-0.25, -0.2) is 0 Å². The van der Waals surface area contributed by atoms with Gasteiger partial charge in [-0.15, -0.1) is 0 Å². The van der Waals surface area contributed by atoms with E-state index in [0.29, 0.717) is 76.3 Å². The van der Waals surface area contributed by atoms with Crippen LogP contribution in [0.4, 0.5) is 22.7 Å². The van der Waals surface area contributed by atoms with Gasteiger partial charge in [0, 0.05) is 76.1 Å². The van der Waals surface area contributed by atoms with Crippen LogP contribution in [0, 0.1) is 0 Å². The van der Waals surface area contributed by atoms with Crippen LogP contribution in [0.5, 0.6) is 34.5 Å². The number of hydrogen-bond donors (Lipinski definition) is 12. The number of aryl methyl sites for hydroxylation is 1. The Kier molecular flexibility index (Phi) is 46.6. The molecule has 0 spiro atoms. The van der Waals surface area contributed by atoms with Crippen LogP contribution >= 0.6 is 0 Å². The number of aliphatic hydroxyl groups excluding tert-OH is 12. The summed E-state index contributed by atoms with van der Waals surface area (Å²) in [5.41, 5.74) is 5.20. The third kappa shape index (κ3) is 36.0. The molecular weight excluding hydrogens is 1110 g/mol. The highest BCUT2D eigenvalue weighted by Crippen LogP contribution is 2.23. The molecule has 0 aliphatic heterocycles. The zero-order chi connectivity index (χ0) is 63.3. The quantitative estimate of drug-likeness (QED) is 0.0272. The van der Waals surface area contributed by atoms with E-state index in [9.17, 15) is 0 Å². The van der Waals surface area contributed by atoms with Crippen molar-refractivity contribution in [2.75, 3.05) is 192 Å². The molecule has 0 bridgehead atoms. The monoisotopic (exact) mass is 1210 g/mol. The number of rotatable bonds is 35. The van der Waals surface area contributed by atoms with Gasteiger partial charge in [0.05, 0.1) is 79.3 Å². The molecule has 0 saturated heterocycles. The Morgan fingerprint density at radius 3 is 0.686 bits per heavy atom. The van der Waals surface area contributed by atoms with E-state index >= 15 is 0 Å². The lowest BCUT2D eigenvalue weighted by Crippen LogP contribution is -2.31. The summed E-state index contributed by atoms with van der Waals surface area (Å²) in [5, 5.41) is 105. The minimum atomic E-state index is -0.0110. The molecular formula is C64H96N4O18. The number of aliphatic hydroxyl groups is 12.